The maximum absolute atomic E-state index is 12.1. The van der Waals surface area contributed by atoms with Gasteiger partial charge in [-0.15, -0.1) is 11.3 Å². The normalized spacial score (nSPS) is 16.4. The first kappa shape index (κ1) is 19.8. The summed E-state index contributed by atoms with van der Waals surface area (Å²) in [5.41, 5.74) is 4.21. The van der Waals surface area contributed by atoms with E-state index in [0.717, 1.165) is 38.8 Å². The third-order valence-corrected chi connectivity index (χ3v) is 6.10. The molecule has 0 spiro atoms. The van der Waals surface area contributed by atoms with Crippen LogP contribution in [0.25, 0.3) is 16.8 Å². The molecule has 2 N–H and O–H groups in total. The lowest BCUT2D eigenvalue weighted by molar-refractivity contribution is 0.240. The molecule has 0 saturated heterocycles. The zero-order valence-electron chi connectivity index (χ0n) is 15.6. The minimum absolute atomic E-state index is 0.283. The van der Waals surface area contributed by atoms with Crippen LogP contribution < -0.4 is 15.4 Å². The molecule has 0 aliphatic carbocycles. The van der Waals surface area contributed by atoms with Gasteiger partial charge in [0.05, 0.1) is 18.8 Å². The standard InChI is InChI=1S/C21H17Cl2N3O2S/c1-11-18(19(26-21(27)24-11)15-8-5-13(22)9-16(15)23)20-25-17(10-29-20)12-3-6-14(28-2)7-4-12/h3-10,19H,1-2H3,(H2,24,26,27). The second-order valence-corrected chi connectivity index (χ2v) is 8.20. The van der Waals surface area contributed by atoms with Crippen molar-refractivity contribution in [3.05, 3.63) is 74.2 Å². The van der Waals surface area contributed by atoms with Gasteiger partial charge in [-0.3, -0.25) is 0 Å². The third-order valence-electron chi connectivity index (χ3n) is 4.66. The molecule has 148 valence electrons. The van der Waals surface area contributed by atoms with Crippen molar-refractivity contribution < 1.29 is 9.53 Å². The predicted molar refractivity (Wildman–Crippen MR) is 118 cm³/mol. The molecule has 2 amide bonds. The number of nitrogens with zero attached hydrogens (tertiary/aromatic N) is 1. The highest BCUT2D eigenvalue weighted by Crippen LogP contribution is 2.40. The van der Waals surface area contributed by atoms with Crippen LogP contribution in [0, 0.1) is 0 Å². The predicted octanol–water partition coefficient (Wildman–Crippen LogP) is 5.91. The van der Waals surface area contributed by atoms with Crippen molar-refractivity contribution in [2.75, 3.05) is 7.11 Å². The average Bonchev–Trinajstić information content (AvgIpc) is 3.17. The van der Waals surface area contributed by atoms with Crippen molar-refractivity contribution in [3.8, 4) is 17.0 Å². The van der Waals surface area contributed by atoms with Gasteiger partial charge in [-0.2, -0.15) is 0 Å². The minimum atomic E-state index is -0.427. The van der Waals surface area contributed by atoms with E-state index in [4.69, 9.17) is 32.9 Å². The van der Waals surface area contributed by atoms with Crippen LogP contribution in [0.5, 0.6) is 5.75 Å². The highest BCUT2D eigenvalue weighted by Gasteiger charge is 2.30. The fourth-order valence-corrected chi connectivity index (χ4v) is 4.72. The van der Waals surface area contributed by atoms with Gasteiger partial charge in [-0.1, -0.05) is 29.3 Å². The molecule has 0 radical (unpaired) electrons. The lowest BCUT2D eigenvalue weighted by atomic mass is 9.96. The van der Waals surface area contributed by atoms with E-state index in [1.165, 1.54) is 11.3 Å². The van der Waals surface area contributed by atoms with Crippen LogP contribution in [0.2, 0.25) is 10.0 Å². The maximum Gasteiger partial charge on any atom is 0.319 e. The molecule has 1 aromatic heterocycles. The third kappa shape index (κ3) is 3.96. The van der Waals surface area contributed by atoms with E-state index in [1.807, 2.05) is 42.6 Å². The highest BCUT2D eigenvalue weighted by molar-refractivity contribution is 7.11. The second kappa shape index (κ2) is 8.06. The summed E-state index contributed by atoms with van der Waals surface area (Å²) in [5.74, 6) is 0.791. The lowest BCUT2D eigenvalue weighted by Gasteiger charge is -2.29. The van der Waals surface area contributed by atoms with E-state index >= 15 is 0 Å². The number of rotatable bonds is 4. The molecule has 2 aromatic carbocycles. The van der Waals surface area contributed by atoms with Crippen molar-refractivity contribution in [2.24, 2.45) is 0 Å². The fourth-order valence-electron chi connectivity index (χ4n) is 3.24. The molecule has 1 aliphatic heterocycles. The van der Waals surface area contributed by atoms with Crippen LogP contribution in [0.1, 0.15) is 23.5 Å². The molecule has 1 aliphatic rings. The van der Waals surface area contributed by atoms with Crippen LogP contribution in [0.15, 0.2) is 53.5 Å². The van der Waals surface area contributed by atoms with E-state index in [1.54, 1.807) is 19.2 Å². The molecule has 0 fully saturated rings. The van der Waals surface area contributed by atoms with Crippen LogP contribution in [-0.2, 0) is 0 Å². The lowest BCUT2D eigenvalue weighted by Crippen LogP contribution is -2.43. The molecule has 0 bridgehead atoms. The number of nitrogens with one attached hydrogen (secondary N) is 2. The summed E-state index contributed by atoms with van der Waals surface area (Å²) in [5, 5.41) is 9.61. The van der Waals surface area contributed by atoms with Crippen LogP contribution >= 0.6 is 34.5 Å². The summed E-state index contributed by atoms with van der Waals surface area (Å²) in [6, 6.07) is 12.3. The highest BCUT2D eigenvalue weighted by atomic mass is 35.5. The van der Waals surface area contributed by atoms with E-state index in [-0.39, 0.29) is 6.03 Å². The Morgan fingerprint density at radius 1 is 1.14 bits per heavy atom. The Morgan fingerprint density at radius 2 is 1.90 bits per heavy atom. The summed E-state index contributed by atoms with van der Waals surface area (Å²) in [6.45, 7) is 1.86. The van der Waals surface area contributed by atoms with Gasteiger partial charge >= 0.3 is 6.03 Å². The summed E-state index contributed by atoms with van der Waals surface area (Å²) >= 11 is 14.0. The molecule has 1 atom stereocenters. The number of allylic oxidation sites excluding steroid dienone is 1. The summed E-state index contributed by atoms with van der Waals surface area (Å²) in [4.78, 5) is 17.0. The zero-order valence-corrected chi connectivity index (χ0v) is 18.0. The number of methoxy groups -OCH3 is 1. The molecule has 29 heavy (non-hydrogen) atoms. The summed E-state index contributed by atoms with van der Waals surface area (Å²) in [6.07, 6.45) is 0. The van der Waals surface area contributed by atoms with Crippen molar-refractivity contribution in [1.29, 1.82) is 0 Å². The smallest absolute Gasteiger partial charge is 0.319 e. The molecule has 2 heterocycles. The van der Waals surface area contributed by atoms with E-state index in [2.05, 4.69) is 10.6 Å². The van der Waals surface area contributed by atoms with E-state index < -0.39 is 6.04 Å². The Morgan fingerprint density at radius 3 is 2.59 bits per heavy atom. The molecule has 3 aromatic rings. The summed E-state index contributed by atoms with van der Waals surface area (Å²) in [7, 11) is 1.64. The molecular formula is C21H17Cl2N3O2S. The Balaban J connectivity index is 1.75. The Labute approximate surface area is 182 Å². The van der Waals surface area contributed by atoms with Crippen LogP contribution in [0.4, 0.5) is 4.79 Å². The number of amides is 2. The number of urea groups is 1. The Hall–Kier alpha value is -2.54. The number of ether oxygens (including phenoxy) is 1. The first-order valence-electron chi connectivity index (χ1n) is 8.80. The van der Waals surface area contributed by atoms with Crippen LogP contribution in [-0.4, -0.2) is 18.1 Å². The molecule has 8 heteroatoms. The van der Waals surface area contributed by atoms with Crippen molar-refractivity contribution >= 4 is 46.1 Å². The number of hydrogen-bond donors (Lipinski definition) is 2. The van der Waals surface area contributed by atoms with Crippen molar-refractivity contribution in [3.63, 3.8) is 0 Å². The van der Waals surface area contributed by atoms with Crippen molar-refractivity contribution in [2.45, 2.75) is 13.0 Å². The quantitative estimate of drug-likeness (QED) is 0.524. The molecular weight excluding hydrogens is 429 g/mol. The molecule has 4 rings (SSSR count). The first-order valence-corrected chi connectivity index (χ1v) is 10.4. The number of halogens is 2. The minimum Gasteiger partial charge on any atom is -0.497 e. The van der Waals surface area contributed by atoms with Gasteiger partial charge < -0.3 is 15.4 Å². The number of carbonyl (C=O) groups is 1. The Kier molecular flexibility index (Phi) is 5.50. The maximum atomic E-state index is 12.1. The summed E-state index contributed by atoms with van der Waals surface area (Å²) < 4.78 is 5.22. The number of benzene rings is 2. The fraction of sp³-hybridized carbons (Fsp3) is 0.143. The van der Waals surface area contributed by atoms with Gasteiger partial charge in [0.2, 0.25) is 0 Å². The monoisotopic (exact) mass is 445 g/mol. The van der Waals surface area contributed by atoms with E-state index in [9.17, 15) is 4.79 Å². The Bertz CT molecular complexity index is 1110. The second-order valence-electron chi connectivity index (χ2n) is 6.50. The topological polar surface area (TPSA) is 63.2 Å². The largest absolute Gasteiger partial charge is 0.497 e. The van der Waals surface area contributed by atoms with Gasteiger partial charge in [0.1, 0.15) is 10.8 Å². The SMILES string of the molecule is COc1ccc(-c2csc(C3=C(C)NC(=O)NC3c3ccc(Cl)cc3Cl)n2)cc1. The van der Waals surface area contributed by atoms with E-state index in [0.29, 0.717) is 10.0 Å². The zero-order chi connectivity index (χ0) is 20.5. The number of carbonyl (C=O) groups excluding carboxylic acids is 1. The van der Waals surface area contributed by atoms with Crippen LogP contribution in [0.3, 0.4) is 0 Å². The van der Waals surface area contributed by atoms with Gasteiger partial charge in [-0.05, 0) is 48.9 Å². The number of thiazole rings is 1. The van der Waals surface area contributed by atoms with Crippen molar-refractivity contribution in [1.82, 2.24) is 15.6 Å². The molecule has 0 saturated carbocycles. The first-order chi connectivity index (χ1) is 14.0. The average molecular weight is 446 g/mol. The van der Waals surface area contributed by atoms with Gasteiger partial charge in [0, 0.05) is 32.3 Å². The number of hydrogen-bond acceptors (Lipinski definition) is 4. The molecule has 5 nitrogen and oxygen atoms in total. The van der Waals surface area contributed by atoms with Gasteiger partial charge in [0.15, 0.2) is 0 Å². The van der Waals surface area contributed by atoms with Gasteiger partial charge in [0.25, 0.3) is 0 Å². The molecule has 1 unspecified atom stereocenters. The number of aromatic nitrogens is 1. The van der Waals surface area contributed by atoms with Gasteiger partial charge in [-0.25, -0.2) is 9.78 Å².